The number of hydrogen-bond acceptors (Lipinski definition) is 4. The normalized spacial score (nSPS) is 11.2. The second-order valence-corrected chi connectivity index (χ2v) is 6.10. The summed E-state index contributed by atoms with van der Waals surface area (Å²) in [4.78, 5) is 3.81. The maximum absolute atomic E-state index is 5.77. The van der Waals surface area contributed by atoms with Crippen molar-refractivity contribution in [3.63, 3.8) is 0 Å². The van der Waals surface area contributed by atoms with Crippen molar-refractivity contribution in [1.29, 1.82) is 0 Å². The van der Waals surface area contributed by atoms with Crippen molar-refractivity contribution in [3.05, 3.63) is 46.7 Å². The lowest BCUT2D eigenvalue weighted by atomic mass is 10.3. The highest BCUT2D eigenvalue weighted by molar-refractivity contribution is 7.09. The summed E-state index contributed by atoms with van der Waals surface area (Å²) >= 11 is 1.80. The maximum atomic E-state index is 5.77. The third-order valence-corrected chi connectivity index (χ3v) is 4.04. The van der Waals surface area contributed by atoms with Gasteiger partial charge in [-0.3, -0.25) is 4.90 Å². The quantitative estimate of drug-likeness (QED) is 0.792. The molecule has 0 fully saturated rings. The van der Waals surface area contributed by atoms with Crippen LogP contribution in [-0.2, 0) is 6.54 Å². The van der Waals surface area contributed by atoms with Gasteiger partial charge in [-0.05, 0) is 37.4 Å². The molecule has 0 unspecified atom stereocenters. The first-order valence-corrected chi connectivity index (χ1v) is 7.78. The molecule has 2 N–H and O–H groups in total. The van der Waals surface area contributed by atoms with Crippen LogP contribution in [0.5, 0.6) is 5.75 Å². The van der Waals surface area contributed by atoms with Gasteiger partial charge >= 0.3 is 0 Å². The maximum Gasteiger partial charge on any atom is 0.121 e. The van der Waals surface area contributed by atoms with Crippen LogP contribution >= 0.6 is 11.3 Å². The molecule has 1 aromatic heterocycles. The molecule has 0 atom stereocenters. The Morgan fingerprint density at radius 2 is 2.10 bits per heavy atom. The second-order valence-electron chi connectivity index (χ2n) is 5.06. The highest BCUT2D eigenvalue weighted by atomic mass is 32.1. The summed E-state index contributed by atoms with van der Waals surface area (Å²) in [6, 6.07) is 12.4. The Labute approximate surface area is 125 Å². The van der Waals surface area contributed by atoms with Crippen LogP contribution in [0.3, 0.4) is 0 Å². The van der Waals surface area contributed by atoms with E-state index in [9.17, 15) is 0 Å². The Balaban J connectivity index is 1.83. The van der Waals surface area contributed by atoms with E-state index in [1.807, 2.05) is 24.3 Å². The van der Waals surface area contributed by atoms with Crippen molar-refractivity contribution < 1.29 is 4.74 Å². The van der Waals surface area contributed by atoms with Crippen molar-refractivity contribution in [2.24, 2.45) is 0 Å². The zero-order chi connectivity index (χ0) is 14.4. The first kappa shape index (κ1) is 14.9. The van der Waals surface area contributed by atoms with Gasteiger partial charge < -0.3 is 10.5 Å². The van der Waals surface area contributed by atoms with E-state index in [1.165, 1.54) is 4.88 Å². The molecule has 0 spiro atoms. The molecule has 20 heavy (non-hydrogen) atoms. The topological polar surface area (TPSA) is 38.5 Å². The smallest absolute Gasteiger partial charge is 0.121 e. The van der Waals surface area contributed by atoms with Crippen molar-refractivity contribution >= 4 is 17.0 Å². The zero-order valence-corrected chi connectivity index (χ0v) is 12.9. The molecule has 0 aliphatic heterocycles. The number of rotatable bonds is 7. The Morgan fingerprint density at radius 3 is 2.75 bits per heavy atom. The van der Waals surface area contributed by atoms with Gasteiger partial charge in [0.1, 0.15) is 12.4 Å². The van der Waals surface area contributed by atoms with Gasteiger partial charge in [-0.1, -0.05) is 12.1 Å². The molecule has 108 valence electrons. The molecule has 4 heteroatoms. The zero-order valence-electron chi connectivity index (χ0n) is 12.1. The SMILES string of the molecule is CC(C)N(CCOc1cccc(N)c1)Cc1cccs1. The van der Waals surface area contributed by atoms with E-state index in [4.69, 9.17) is 10.5 Å². The lowest BCUT2D eigenvalue weighted by Gasteiger charge is -2.25. The first-order valence-electron chi connectivity index (χ1n) is 6.90. The predicted octanol–water partition coefficient (Wildman–Crippen LogP) is 3.62. The molecule has 2 rings (SSSR count). The van der Waals surface area contributed by atoms with Crippen molar-refractivity contribution in [1.82, 2.24) is 4.90 Å². The van der Waals surface area contributed by atoms with Crippen LogP contribution < -0.4 is 10.5 Å². The van der Waals surface area contributed by atoms with E-state index < -0.39 is 0 Å². The Morgan fingerprint density at radius 1 is 1.25 bits per heavy atom. The van der Waals surface area contributed by atoms with Crippen LogP contribution in [0.1, 0.15) is 18.7 Å². The minimum atomic E-state index is 0.501. The predicted molar refractivity (Wildman–Crippen MR) is 86.2 cm³/mol. The monoisotopic (exact) mass is 290 g/mol. The van der Waals surface area contributed by atoms with Crippen LogP contribution in [0.25, 0.3) is 0 Å². The van der Waals surface area contributed by atoms with Gasteiger partial charge in [-0.25, -0.2) is 0 Å². The van der Waals surface area contributed by atoms with Gasteiger partial charge in [-0.15, -0.1) is 11.3 Å². The molecule has 0 amide bonds. The fourth-order valence-electron chi connectivity index (χ4n) is 2.01. The van der Waals surface area contributed by atoms with Gasteiger partial charge in [0, 0.05) is 35.8 Å². The number of ether oxygens (including phenoxy) is 1. The number of anilines is 1. The van der Waals surface area contributed by atoms with Crippen molar-refractivity contribution in [2.45, 2.75) is 26.4 Å². The average Bonchev–Trinajstić information content (AvgIpc) is 2.90. The molecule has 0 saturated heterocycles. The molecule has 3 nitrogen and oxygen atoms in total. The van der Waals surface area contributed by atoms with E-state index in [1.54, 1.807) is 11.3 Å². The molecule has 1 aromatic carbocycles. The minimum Gasteiger partial charge on any atom is -0.492 e. The molecule has 0 bridgehead atoms. The molecule has 1 heterocycles. The molecular weight excluding hydrogens is 268 g/mol. The number of hydrogen-bond donors (Lipinski definition) is 1. The fourth-order valence-corrected chi connectivity index (χ4v) is 2.74. The third-order valence-electron chi connectivity index (χ3n) is 3.17. The summed E-state index contributed by atoms with van der Waals surface area (Å²) < 4.78 is 5.77. The molecular formula is C16H22N2OS. The molecule has 0 aliphatic carbocycles. The van der Waals surface area contributed by atoms with E-state index >= 15 is 0 Å². The lowest BCUT2D eigenvalue weighted by molar-refractivity contribution is 0.170. The Hall–Kier alpha value is -1.52. The number of nitrogens with zero attached hydrogens (tertiary/aromatic N) is 1. The number of thiophene rings is 1. The highest BCUT2D eigenvalue weighted by Crippen LogP contribution is 2.16. The van der Waals surface area contributed by atoms with E-state index in [2.05, 4.69) is 36.3 Å². The van der Waals surface area contributed by atoms with Crippen LogP contribution in [0.2, 0.25) is 0 Å². The van der Waals surface area contributed by atoms with Gasteiger partial charge in [0.25, 0.3) is 0 Å². The van der Waals surface area contributed by atoms with Gasteiger partial charge in [-0.2, -0.15) is 0 Å². The minimum absolute atomic E-state index is 0.501. The standard InChI is InChI=1S/C16H22N2OS/c1-13(2)18(12-16-7-4-10-20-16)8-9-19-15-6-3-5-14(17)11-15/h3-7,10-11,13H,8-9,12,17H2,1-2H3. The average molecular weight is 290 g/mol. The van der Waals surface area contributed by atoms with Crippen molar-refractivity contribution in [3.8, 4) is 5.75 Å². The van der Waals surface area contributed by atoms with Crippen LogP contribution in [0.15, 0.2) is 41.8 Å². The molecule has 0 aliphatic rings. The van der Waals surface area contributed by atoms with Gasteiger partial charge in [0.15, 0.2) is 0 Å². The first-order chi connectivity index (χ1) is 9.65. The fraction of sp³-hybridized carbons (Fsp3) is 0.375. The van der Waals surface area contributed by atoms with Crippen LogP contribution in [0.4, 0.5) is 5.69 Å². The summed E-state index contributed by atoms with van der Waals surface area (Å²) in [6.45, 7) is 7.00. The van der Waals surface area contributed by atoms with Crippen LogP contribution in [-0.4, -0.2) is 24.1 Å². The Bertz CT molecular complexity index is 511. The summed E-state index contributed by atoms with van der Waals surface area (Å²) in [5, 5.41) is 2.12. The summed E-state index contributed by atoms with van der Waals surface area (Å²) in [5.41, 5.74) is 6.48. The molecule has 2 aromatic rings. The van der Waals surface area contributed by atoms with Gasteiger partial charge in [0.2, 0.25) is 0 Å². The summed E-state index contributed by atoms with van der Waals surface area (Å²) in [6.07, 6.45) is 0. The van der Waals surface area contributed by atoms with E-state index in [0.717, 1.165) is 24.5 Å². The second kappa shape index (κ2) is 7.31. The van der Waals surface area contributed by atoms with Crippen LogP contribution in [0, 0.1) is 0 Å². The van der Waals surface area contributed by atoms with E-state index in [0.29, 0.717) is 12.6 Å². The molecule has 0 saturated carbocycles. The molecule has 0 radical (unpaired) electrons. The van der Waals surface area contributed by atoms with Gasteiger partial charge in [0.05, 0.1) is 0 Å². The third kappa shape index (κ3) is 4.54. The Kier molecular flexibility index (Phi) is 5.44. The summed E-state index contributed by atoms with van der Waals surface area (Å²) in [5.74, 6) is 0.838. The number of nitrogen functional groups attached to an aromatic ring is 1. The van der Waals surface area contributed by atoms with Crippen molar-refractivity contribution in [2.75, 3.05) is 18.9 Å². The number of nitrogens with two attached hydrogens (primary N) is 1. The largest absolute Gasteiger partial charge is 0.492 e. The lowest BCUT2D eigenvalue weighted by Crippen LogP contribution is -2.33. The summed E-state index contributed by atoms with van der Waals surface area (Å²) in [7, 11) is 0. The highest BCUT2D eigenvalue weighted by Gasteiger charge is 2.10. The number of benzene rings is 1. The van der Waals surface area contributed by atoms with E-state index in [-0.39, 0.29) is 0 Å².